The summed E-state index contributed by atoms with van der Waals surface area (Å²) in [4.78, 5) is 2.63. The van der Waals surface area contributed by atoms with Gasteiger partial charge in [0.05, 0.1) is 6.61 Å². The normalized spacial score (nSPS) is 31.6. The van der Waals surface area contributed by atoms with E-state index in [0.717, 1.165) is 18.4 Å². The van der Waals surface area contributed by atoms with Crippen molar-refractivity contribution in [3.05, 3.63) is 0 Å². The molecule has 0 aromatic rings. The van der Waals surface area contributed by atoms with Crippen LogP contribution >= 0.6 is 0 Å². The molecule has 0 aromatic heterocycles. The van der Waals surface area contributed by atoms with Crippen LogP contribution in [0.4, 0.5) is 0 Å². The fraction of sp³-hybridized carbons (Fsp3) is 1.00. The van der Waals surface area contributed by atoms with E-state index in [-0.39, 0.29) is 12.1 Å². The lowest BCUT2D eigenvalue weighted by Crippen LogP contribution is -2.47. The molecular weight excluding hydrogens is 236 g/mol. The summed E-state index contributed by atoms with van der Waals surface area (Å²) in [6.07, 6.45) is 7.51. The number of nitrogens with one attached hydrogen (secondary N) is 1. The van der Waals surface area contributed by atoms with Crippen LogP contribution in [-0.4, -0.2) is 47.3 Å². The van der Waals surface area contributed by atoms with E-state index in [1.54, 1.807) is 0 Å². The van der Waals surface area contributed by atoms with Crippen LogP contribution in [0.2, 0.25) is 0 Å². The minimum atomic E-state index is -0.0505. The van der Waals surface area contributed by atoms with Gasteiger partial charge in [-0.15, -0.1) is 0 Å². The summed E-state index contributed by atoms with van der Waals surface area (Å²) < 4.78 is 0. The van der Waals surface area contributed by atoms with Gasteiger partial charge in [-0.05, 0) is 58.4 Å². The maximum absolute atomic E-state index is 9.58. The van der Waals surface area contributed by atoms with E-state index in [9.17, 15) is 5.11 Å². The molecule has 3 unspecified atom stereocenters. The van der Waals surface area contributed by atoms with E-state index < -0.39 is 0 Å². The molecular formula is C16H32N2O. The zero-order valence-corrected chi connectivity index (χ0v) is 13.0. The zero-order chi connectivity index (χ0) is 13.9. The summed E-state index contributed by atoms with van der Waals surface area (Å²) in [5.41, 5.74) is -0.0505. The lowest BCUT2D eigenvalue weighted by molar-refractivity contribution is 0.158. The molecule has 3 atom stereocenters. The van der Waals surface area contributed by atoms with Crippen molar-refractivity contribution in [2.45, 2.75) is 76.9 Å². The van der Waals surface area contributed by atoms with Crippen molar-refractivity contribution in [2.75, 3.05) is 19.7 Å². The summed E-state index contributed by atoms with van der Waals surface area (Å²) in [5.74, 6) is 0.870. The lowest BCUT2D eigenvalue weighted by Gasteiger charge is -2.29. The molecule has 2 N–H and O–H groups in total. The van der Waals surface area contributed by atoms with Gasteiger partial charge in [-0.1, -0.05) is 13.3 Å². The molecule has 112 valence electrons. The predicted molar refractivity (Wildman–Crippen MR) is 80.3 cm³/mol. The minimum Gasteiger partial charge on any atom is -0.394 e. The first-order valence-corrected chi connectivity index (χ1v) is 8.15. The van der Waals surface area contributed by atoms with Gasteiger partial charge in [0, 0.05) is 24.2 Å². The molecule has 1 saturated carbocycles. The van der Waals surface area contributed by atoms with Crippen molar-refractivity contribution in [1.29, 1.82) is 0 Å². The van der Waals surface area contributed by atoms with Crippen molar-refractivity contribution in [3.8, 4) is 0 Å². The van der Waals surface area contributed by atoms with Crippen molar-refractivity contribution in [2.24, 2.45) is 5.92 Å². The molecule has 19 heavy (non-hydrogen) atoms. The average molecular weight is 268 g/mol. The molecule has 0 radical (unpaired) electrons. The van der Waals surface area contributed by atoms with Crippen LogP contribution < -0.4 is 5.32 Å². The number of hydrogen-bond donors (Lipinski definition) is 2. The minimum absolute atomic E-state index is 0.0505. The van der Waals surface area contributed by atoms with E-state index >= 15 is 0 Å². The average Bonchev–Trinajstić information content (AvgIpc) is 3.10. The summed E-state index contributed by atoms with van der Waals surface area (Å²) in [5, 5.41) is 13.2. The zero-order valence-electron chi connectivity index (χ0n) is 13.0. The fourth-order valence-electron chi connectivity index (χ4n) is 3.45. The smallest absolute Gasteiger partial charge is 0.0610 e. The second kappa shape index (κ2) is 6.55. The van der Waals surface area contributed by atoms with Gasteiger partial charge < -0.3 is 15.3 Å². The first-order valence-electron chi connectivity index (χ1n) is 8.15. The highest BCUT2D eigenvalue weighted by Gasteiger charge is 2.31. The highest BCUT2D eigenvalue weighted by atomic mass is 16.3. The van der Waals surface area contributed by atoms with Crippen LogP contribution in [0.5, 0.6) is 0 Å². The molecule has 0 amide bonds. The van der Waals surface area contributed by atoms with Crippen LogP contribution in [0.3, 0.4) is 0 Å². The molecule has 2 fully saturated rings. The fourth-order valence-corrected chi connectivity index (χ4v) is 3.45. The molecule has 2 aliphatic rings. The highest BCUT2D eigenvalue weighted by Crippen LogP contribution is 2.26. The predicted octanol–water partition coefficient (Wildman–Crippen LogP) is 2.39. The lowest BCUT2D eigenvalue weighted by atomic mass is 9.95. The number of likely N-dealkylation sites (tertiary alicyclic amines) is 1. The molecule has 3 nitrogen and oxygen atoms in total. The van der Waals surface area contributed by atoms with Gasteiger partial charge in [0.15, 0.2) is 0 Å². The van der Waals surface area contributed by atoms with Crippen LogP contribution in [0.25, 0.3) is 0 Å². The van der Waals surface area contributed by atoms with Gasteiger partial charge in [0.1, 0.15) is 0 Å². The van der Waals surface area contributed by atoms with Gasteiger partial charge in [-0.3, -0.25) is 0 Å². The highest BCUT2D eigenvalue weighted by molar-refractivity contribution is 4.92. The summed E-state index contributed by atoms with van der Waals surface area (Å²) in [7, 11) is 0. The second-order valence-corrected chi connectivity index (χ2v) is 7.28. The Bertz CT molecular complexity index is 280. The Morgan fingerprint density at radius 2 is 2.00 bits per heavy atom. The third-order valence-electron chi connectivity index (χ3n) is 4.82. The Balaban J connectivity index is 1.62. The number of aliphatic hydroxyl groups excluding tert-OH is 1. The standard InChI is InChI=1S/C16H32N2O/c1-13-10-14(2)18(11-13)9-5-4-8-16(3,12-19)17-15-6-7-15/h13-15,17,19H,4-12H2,1-3H3. The first-order chi connectivity index (χ1) is 9.02. The van der Waals surface area contributed by atoms with Crippen LogP contribution in [0.1, 0.15) is 59.3 Å². The maximum atomic E-state index is 9.58. The molecule has 0 aromatic carbocycles. The molecule has 0 bridgehead atoms. The largest absolute Gasteiger partial charge is 0.394 e. The monoisotopic (exact) mass is 268 g/mol. The second-order valence-electron chi connectivity index (χ2n) is 7.28. The SMILES string of the molecule is CC1CC(C)N(CCCCC(C)(CO)NC2CC2)C1. The summed E-state index contributed by atoms with van der Waals surface area (Å²) in [6.45, 7) is 9.66. The van der Waals surface area contributed by atoms with Crippen LogP contribution in [-0.2, 0) is 0 Å². The number of aliphatic hydroxyl groups is 1. The van der Waals surface area contributed by atoms with Crippen LogP contribution in [0.15, 0.2) is 0 Å². The van der Waals surface area contributed by atoms with E-state index in [4.69, 9.17) is 0 Å². The molecule has 1 heterocycles. The summed E-state index contributed by atoms with van der Waals surface area (Å²) in [6, 6.07) is 1.44. The summed E-state index contributed by atoms with van der Waals surface area (Å²) >= 11 is 0. The topological polar surface area (TPSA) is 35.5 Å². The molecule has 1 saturated heterocycles. The number of rotatable bonds is 8. The van der Waals surface area contributed by atoms with E-state index in [0.29, 0.717) is 6.04 Å². The van der Waals surface area contributed by atoms with Gasteiger partial charge in [0.25, 0.3) is 0 Å². The Morgan fingerprint density at radius 1 is 1.26 bits per heavy atom. The van der Waals surface area contributed by atoms with Gasteiger partial charge in [-0.2, -0.15) is 0 Å². The third-order valence-corrected chi connectivity index (χ3v) is 4.82. The maximum Gasteiger partial charge on any atom is 0.0610 e. The molecule has 0 spiro atoms. The van der Waals surface area contributed by atoms with E-state index in [1.165, 1.54) is 45.2 Å². The molecule has 2 rings (SSSR count). The van der Waals surface area contributed by atoms with Crippen LogP contribution in [0, 0.1) is 5.92 Å². The van der Waals surface area contributed by atoms with Gasteiger partial charge in [-0.25, -0.2) is 0 Å². The first kappa shape index (κ1) is 15.3. The third kappa shape index (κ3) is 4.73. The van der Waals surface area contributed by atoms with Gasteiger partial charge in [0.2, 0.25) is 0 Å². The van der Waals surface area contributed by atoms with Gasteiger partial charge >= 0.3 is 0 Å². The Kier molecular flexibility index (Phi) is 5.27. The Labute approximate surface area is 118 Å². The Morgan fingerprint density at radius 3 is 2.53 bits per heavy atom. The number of unbranched alkanes of at least 4 members (excludes halogenated alkanes) is 1. The quantitative estimate of drug-likeness (QED) is 0.664. The van der Waals surface area contributed by atoms with Crippen molar-refractivity contribution >= 4 is 0 Å². The molecule has 1 aliphatic carbocycles. The van der Waals surface area contributed by atoms with E-state index in [2.05, 4.69) is 31.0 Å². The Hall–Kier alpha value is -0.120. The number of hydrogen-bond acceptors (Lipinski definition) is 3. The molecule has 1 aliphatic heterocycles. The number of nitrogens with zero attached hydrogens (tertiary/aromatic N) is 1. The van der Waals surface area contributed by atoms with Crippen molar-refractivity contribution in [3.63, 3.8) is 0 Å². The van der Waals surface area contributed by atoms with Crippen molar-refractivity contribution < 1.29 is 5.11 Å². The van der Waals surface area contributed by atoms with Crippen molar-refractivity contribution in [1.82, 2.24) is 10.2 Å². The molecule has 3 heteroatoms. The van der Waals surface area contributed by atoms with E-state index in [1.807, 2.05) is 0 Å².